The van der Waals surface area contributed by atoms with Gasteiger partial charge in [-0.3, -0.25) is 4.79 Å². The molecular formula is C22H40N2O9. The van der Waals surface area contributed by atoms with Crippen molar-refractivity contribution < 1.29 is 52.9 Å². The van der Waals surface area contributed by atoms with Crippen LogP contribution < -0.4 is 10.2 Å². The van der Waals surface area contributed by atoms with Crippen molar-refractivity contribution in [3.63, 3.8) is 0 Å². The van der Waals surface area contributed by atoms with Gasteiger partial charge in [0, 0.05) is 30.9 Å². The predicted octanol–water partition coefficient (Wildman–Crippen LogP) is -2.16. The number of likely N-dealkylation sites (N-methyl/N-ethyl adjacent to an activating group) is 2. The molecule has 1 N–H and O–H groups in total. The van der Waals surface area contributed by atoms with Crippen molar-refractivity contribution in [3.8, 4) is 0 Å². The number of carboxylic acid groups (broad SMARTS) is 2. The van der Waals surface area contributed by atoms with Crippen LogP contribution in [0.25, 0.3) is 0 Å². The lowest BCUT2D eigenvalue weighted by atomic mass is 10.2. The Hall–Kier alpha value is -2.50. The molecule has 0 bridgehead atoms. The Morgan fingerprint density at radius 1 is 0.818 bits per heavy atom. The molecule has 0 aliphatic heterocycles. The number of rotatable bonds is 13. The number of hydrogen-bond donors (Lipinski definition) is 1. The third kappa shape index (κ3) is 24.0. The van der Waals surface area contributed by atoms with Crippen LogP contribution in [-0.2, 0) is 28.7 Å². The summed E-state index contributed by atoms with van der Waals surface area (Å²) in [5, 5.41) is 30.1. The van der Waals surface area contributed by atoms with Crippen molar-refractivity contribution in [1.29, 1.82) is 0 Å². The van der Waals surface area contributed by atoms with E-state index in [1.807, 2.05) is 42.3 Å². The van der Waals surface area contributed by atoms with E-state index in [1.165, 1.54) is 13.0 Å². The van der Waals surface area contributed by atoms with Gasteiger partial charge in [0.05, 0.1) is 54.8 Å². The first-order valence-electron chi connectivity index (χ1n) is 10.6. The first-order chi connectivity index (χ1) is 14.8. The molecule has 0 rings (SSSR count). The molecule has 0 aliphatic rings. The summed E-state index contributed by atoms with van der Waals surface area (Å²) < 4.78 is 11.0. The van der Waals surface area contributed by atoms with Gasteiger partial charge < -0.3 is 43.3 Å². The average molecular weight is 477 g/mol. The molecule has 0 aromatic heterocycles. The summed E-state index contributed by atoms with van der Waals surface area (Å²) in [6.45, 7) is 3.96. The van der Waals surface area contributed by atoms with Crippen LogP contribution in [0.1, 0.15) is 33.1 Å². The van der Waals surface area contributed by atoms with E-state index in [0.717, 1.165) is 0 Å². The molecule has 33 heavy (non-hydrogen) atoms. The monoisotopic (exact) mass is 476 g/mol. The van der Waals surface area contributed by atoms with Crippen molar-refractivity contribution in [3.05, 3.63) is 12.2 Å². The molecule has 0 saturated carbocycles. The number of aliphatic hydroxyl groups excluding tert-OH is 1. The highest BCUT2D eigenvalue weighted by Crippen LogP contribution is 2.07. The maximum atomic E-state index is 11.3. The number of nitrogens with zero attached hydrogens (tertiary/aromatic N) is 2. The van der Waals surface area contributed by atoms with Gasteiger partial charge in [0.15, 0.2) is 12.2 Å². The van der Waals surface area contributed by atoms with Crippen LogP contribution in [-0.4, -0.2) is 112 Å². The van der Waals surface area contributed by atoms with Gasteiger partial charge in [-0.05, 0) is 13.8 Å². The van der Waals surface area contributed by atoms with E-state index in [9.17, 15) is 29.4 Å². The minimum atomic E-state index is -1.26. The lowest BCUT2D eigenvalue weighted by Gasteiger charge is -2.29. The summed E-state index contributed by atoms with van der Waals surface area (Å²) in [5.41, 5.74) is 0. The van der Waals surface area contributed by atoms with Crippen LogP contribution >= 0.6 is 0 Å². The highest BCUT2D eigenvalue weighted by Gasteiger charge is 2.23. The molecule has 3 atom stereocenters. The van der Waals surface area contributed by atoms with E-state index in [2.05, 4.69) is 0 Å². The Morgan fingerprint density at radius 3 is 1.52 bits per heavy atom. The first-order valence-corrected chi connectivity index (χ1v) is 10.6. The number of esters is 2. The van der Waals surface area contributed by atoms with Gasteiger partial charge in [-0.25, -0.2) is 4.79 Å². The van der Waals surface area contributed by atoms with E-state index in [1.54, 1.807) is 13.0 Å². The molecule has 0 aromatic rings. The Balaban J connectivity index is 0. The van der Waals surface area contributed by atoms with Gasteiger partial charge in [0.1, 0.15) is 13.1 Å². The van der Waals surface area contributed by atoms with Gasteiger partial charge in [0.2, 0.25) is 0 Å². The minimum absolute atomic E-state index is 0.138. The van der Waals surface area contributed by atoms with Crippen molar-refractivity contribution in [2.45, 2.75) is 51.4 Å². The van der Waals surface area contributed by atoms with E-state index >= 15 is 0 Å². The molecule has 11 nitrogen and oxygen atoms in total. The lowest BCUT2D eigenvalue weighted by Crippen LogP contribution is -2.45. The van der Waals surface area contributed by atoms with Crippen molar-refractivity contribution in [2.24, 2.45) is 0 Å². The quantitative estimate of drug-likeness (QED) is 0.178. The molecule has 0 amide bonds. The SMILES string of the molecule is CC(O)CC(=O)OC(CC(=O)[O-])C[N+](C)(C)C.CC=CC(=O)OC(CC(=O)[O-])C[N+](C)(C)C. The molecule has 11 heteroatoms. The molecule has 0 fully saturated rings. The zero-order valence-corrected chi connectivity index (χ0v) is 21.0. The smallest absolute Gasteiger partial charge is 0.330 e. The second-order valence-corrected chi connectivity index (χ2v) is 9.82. The third-order valence-electron chi connectivity index (χ3n) is 3.64. The predicted molar refractivity (Wildman–Crippen MR) is 116 cm³/mol. The number of ether oxygens (including phenoxy) is 2. The standard InChI is InChI=1S/C11H21NO5.C11H19NO4/c1-8(13)5-11(16)17-9(6-10(14)15)7-12(2,3)4;1-5-6-11(15)16-9(7-10(13)14)8-12(2,3)4/h8-9,13H,5-7H2,1-4H3;5-6,9H,7-8H2,1-4H3. The maximum Gasteiger partial charge on any atom is 0.330 e. The summed E-state index contributed by atoms with van der Waals surface area (Å²) in [4.78, 5) is 43.6. The number of aliphatic hydroxyl groups is 1. The van der Waals surface area contributed by atoms with Crippen molar-refractivity contribution >= 4 is 23.9 Å². The van der Waals surface area contributed by atoms with Crippen molar-refractivity contribution in [2.75, 3.05) is 55.4 Å². The van der Waals surface area contributed by atoms with Crippen LogP contribution in [0.2, 0.25) is 0 Å². The molecule has 192 valence electrons. The largest absolute Gasteiger partial charge is 0.550 e. The minimum Gasteiger partial charge on any atom is -0.550 e. The number of carbonyl (C=O) groups excluding carboxylic acids is 4. The zero-order valence-electron chi connectivity index (χ0n) is 21.0. The average Bonchev–Trinajstić information content (AvgIpc) is 2.49. The summed E-state index contributed by atoms with van der Waals surface area (Å²) >= 11 is 0. The Bertz CT molecular complexity index is 662. The van der Waals surface area contributed by atoms with Gasteiger partial charge in [-0.2, -0.15) is 0 Å². The van der Waals surface area contributed by atoms with Gasteiger partial charge in [0.25, 0.3) is 0 Å². The number of aliphatic carboxylic acids is 2. The fourth-order valence-electron chi connectivity index (χ4n) is 2.70. The van der Waals surface area contributed by atoms with Gasteiger partial charge in [-0.15, -0.1) is 0 Å². The van der Waals surface area contributed by atoms with Crippen LogP contribution in [0.4, 0.5) is 0 Å². The highest BCUT2D eigenvalue weighted by atomic mass is 16.5. The summed E-state index contributed by atoms with van der Waals surface area (Å²) in [6.07, 6.45) is -0.127. The van der Waals surface area contributed by atoms with E-state index in [-0.39, 0.29) is 19.3 Å². The summed E-state index contributed by atoms with van der Waals surface area (Å²) in [6, 6.07) is 0. The second kappa shape index (κ2) is 15.4. The third-order valence-corrected chi connectivity index (χ3v) is 3.64. The normalized spacial score (nSPS) is 14.5. The Kier molecular flexibility index (Phi) is 15.2. The van der Waals surface area contributed by atoms with Gasteiger partial charge in [-0.1, -0.05) is 6.08 Å². The highest BCUT2D eigenvalue weighted by molar-refractivity contribution is 5.82. The molecule has 0 saturated heterocycles. The Labute approximate surface area is 196 Å². The van der Waals surface area contributed by atoms with E-state index < -0.39 is 42.2 Å². The second-order valence-electron chi connectivity index (χ2n) is 9.82. The number of allylic oxidation sites excluding steroid dienone is 1. The topological polar surface area (TPSA) is 153 Å². The molecule has 0 spiro atoms. The van der Waals surface area contributed by atoms with Gasteiger partial charge >= 0.3 is 11.9 Å². The first kappa shape index (κ1) is 32.7. The van der Waals surface area contributed by atoms with Crippen LogP contribution in [0.5, 0.6) is 0 Å². The fourth-order valence-corrected chi connectivity index (χ4v) is 2.70. The van der Waals surface area contributed by atoms with Crippen molar-refractivity contribution in [1.82, 2.24) is 0 Å². The number of hydrogen-bond acceptors (Lipinski definition) is 9. The molecule has 0 aliphatic carbocycles. The van der Waals surface area contributed by atoms with Crippen LogP contribution in [0.15, 0.2) is 12.2 Å². The molecular weight excluding hydrogens is 436 g/mol. The van der Waals surface area contributed by atoms with E-state index in [4.69, 9.17) is 14.6 Å². The molecule has 0 aromatic carbocycles. The zero-order chi connectivity index (χ0) is 26.4. The summed E-state index contributed by atoms with van der Waals surface area (Å²) in [5.74, 6) is -3.60. The van der Waals surface area contributed by atoms with E-state index in [0.29, 0.717) is 22.1 Å². The molecule has 0 heterocycles. The van der Waals surface area contributed by atoms with Crippen LogP contribution in [0, 0.1) is 0 Å². The molecule has 0 radical (unpaired) electrons. The summed E-state index contributed by atoms with van der Waals surface area (Å²) in [7, 11) is 11.3. The Morgan fingerprint density at radius 2 is 1.21 bits per heavy atom. The number of carbonyl (C=O) groups is 4. The molecule has 3 unspecified atom stereocenters. The number of quaternary nitrogens is 2. The maximum absolute atomic E-state index is 11.3. The fraction of sp³-hybridized carbons (Fsp3) is 0.727. The number of carboxylic acids is 2. The van der Waals surface area contributed by atoms with Crippen LogP contribution in [0.3, 0.4) is 0 Å². The lowest BCUT2D eigenvalue weighted by molar-refractivity contribution is -0.873.